The quantitative estimate of drug-likeness (QED) is 0.821. The van der Waals surface area contributed by atoms with Crippen LogP contribution in [0.1, 0.15) is 24.2 Å². The number of rotatable bonds is 3. The van der Waals surface area contributed by atoms with Gasteiger partial charge in [-0.05, 0) is 13.8 Å². The number of hydrogen-bond donors (Lipinski definition) is 1. The molecule has 6 heteroatoms. The zero-order valence-electron chi connectivity index (χ0n) is 9.84. The minimum absolute atomic E-state index is 0.112. The van der Waals surface area contributed by atoms with E-state index in [2.05, 4.69) is 15.3 Å². The van der Waals surface area contributed by atoms with Crippen molar-refractivity contribution in [2.24, 2.45) is 0 Å². The molecule has 0 radical (unpaired) electrons. The van der Waals surface area contributed by atoms with Gasteiger partial charge in [0.25, 0.3) is 5.91 Å². The number of amides is 1. The van der Waals surface area contributed by atoms with Crippen molar-refractivity contribution >= 4 is 5.91 Å². The van der Waals surface area contributed by atoms with Crippen LogP contribution >= 0.6 is 0 Å². The first-order valence-electron chi connectivity index (χ1n) is 5.42. The monoisotopic (exact) mass is 237 g/mol. The van der Waals surface area contributed by atoms with Gasteiger partial charge in [0.2, 0.25) is 0 Å². The van der Waals surface area contributed by atoms with E-state index in [0.29, 0.717) is 18.7 Å². The SMILES string of the molecule is CC1(C)OCC(CNC(=O)c2cncnc2)O1. The second kappa shape index (κ2) is 4.77. The Morgan fingerprint density at radius 3 is 2.82 bits per heavy atom. The maximum absolute atomic E-state index is 11.7. The van der Waals surface area contributed by atoms with Crippen LogP contribution in [-0.4, -0.2) is 40.9 Å². The van der Waals surface area contributed by atoms with Gasteiger partial charge >= 0.3 is 0 Å². The Balaban J connectivity index is 1.82. The van der Waals surface area contributed by atoms with Gasteiger partial charge in [-0.1, -0.05) is 0 Å². The van der Waals surface area contributed by atoms with Crippen molar-refractivity contribution in [3.63, 3.8) is 0 Å². The molecule has 0 saturated carbocycles. The summed E-state index contributed by atoms with van der Waals surface area (Å²) in [5, 5.41) is 2.75. The van der Waals surface area contributed by atoms with E-state index in [0.717, 1.165) is 0 Å². The van der Waals surface area contributed by atoms with E-state index in [9.17, 15) is 4.79 Å². The maximum atomic E-state index is 11.7. The Bertz CT molecular complexity index is 394. The van der Waals surface area contributed by atoms with Crippen LogP contribution in [0.15, 0.2) is 18.7 Å². The molecule has 0 aliphatic carbocycles. The van der Waals surface area contributed by atoms with Gasteiger partial charge in [0, 0.05) is 18.9 Å². The van der Waals surface area contributed by atoms with Crippen molar-refractivity contribution < 1.29 is 14.3 Å². The topological polar surface area (TPSA) is 73.3 Å². The lowest BCUT2D eigenvalue weighted by molar-refractivity contribution is -0.137. The van der Waals surface area contributed by atoms with Gasteiger partial charge in [-0.2, -0.15) is 0 Å². The third kappa shape index (κ3) is 3.21. The maximum Gasteiger partial charge on any atom is 0.254 e. The van der Waals surface area contributed by atoms with E-state index in [4.69, 9.17) is 9.47 Å². The predicted octanol–water partition coefficient (Wildman–Crippen LogP) is 0.358. The first kappa shape index (κ1) is 11.9. The van der Waals surface area contributed by atoms with Crippen LogP contribution in [0.3, 0.4) is 0 Å². The zero-order chi connectivity index (χ0) is 12.3. The van der Waals surface area contributed by atoms with Gasteiger partial charge in [-0.3, -0.25) is 4.79 Å². The second-order valence-corrected chi connectivity index (χ2v) is 4.29. The van der Waals surface area contributed by atoms with Crippen LogP contribution in [-0.2, 0) is 9.47 Å². The molecule has 1 aromatic rings. The van der Waals surface area contributed by atoms with Crippen molar-refractivity contribution in [2.75, 3.05) is 13.2 Å². The molecule has 0 bridgehead atoms. The van der Waals surface area contributed by atoms with Crippen molar-refractivity contribution in [1.82, 2.24) is 15.3 Å². The summed E-state index contributed by atoms with van der Waals surface area (Å²) in [5.41, 5.74) is 0.436. The van der Waals surface area contributed by atoms with Gasteiger partial charge in [0.15, 0.2) is 5.79 Å². The first-order valence-corrected chi connectivity index (χ1v) is 5.42. The second-order valence-electron chi connectivity index (χ2n) is 4.29. The van der Waals surface area contributed by atoms with Crippen LogP contribution < -0.4 is 5.32 Å². The fourth-order valence-corrected chi connectivity index (χ4v) is 1.59. The number of nitrogens with one attached hydrogen (secondary N) is 1. The van der Waals surface area contributed by atoms with Crippen molar-refractivity contribution in [3.05, 3.63) is 24.3 Å². The molecule has 1 fully saturated rings. The Morgan fingerprint density at radius 1 is 1.53 bits per heavy atom. The molecular weight excluding hydrogens is 222 g/mol. The van der Waals surface area contributed by atoms with Gasteiger partial charge < -0.3 is 14.8 Å². The third-order valence-electron chi connectivity index (χ3n) is 2.38. The molecule has 1 atom stereocenters. The Labute approximate surface area is 99.4 Å². The Hall–Kier alpha value is -1.53. The largest absolute Gasteiger partial charge is 0.349 e. The fraction of sp³-hybridized carbons (Fsp3) is 0.545. The van der Waals surface area contributed by atoms with E-state index in [-0.39, 0.29) is 12.0 Å². The van der Waals surface area contributed by atoms with E-state index >= 15 is 0 Å². The van der Waals surface area contributed by atoms with E-state index < -0.39 is 5.79 Å². The number of nitrogens with zero attached hydrogens (tertiary/aromatic N) is 2. The van der Waals surface area contributed by atoms with E-state index in [1.807, 2.05) is 13.8 Å². The number of carbonyl (C=O) groups is 1. The highest BCUT2D eigenvalue weighted by Crippen LogP contribution is 2.21. The van der Waals surface area contributed by atoms with E-state index in [1.54, 1.807) is 0 Å². The molecule has 17 heavy (non-hydrogen) atoms. The lowest BCUT2D eigenvalue weighted by Crippen LogP contribution is -2.34. The summed E-state index contributed by atoms with van der Waals surface area (Å²) in [6.45, 7) is 4.59. The van der Waals surface area contributed by atoms with Crippen LogP contribution in [0.4, 0.5) is 0 Å². The molecule has 1 aliphatic rings. The molecule has 1 amide bonds. The average molecular weight is 237 g/mol. The highest BCUT2D eigenvalue weighted by Gasteiger charge is 2.32. The summed E-state index contributed by atoms with van der Waals surface area (Å²) < 4.78 is 11.0. The smallest absolute Gasteiger partial charge is 0.254 e. The first-order chi connectivity index (χ1) is 8.07. The van der Waals surface area contributed by atoms with E-state index in [1.165, 1.54) is 18.7 Å². The van der Waals surface area contributed by atoms with Crippen molar-refractivity contribution in [2.45, 2.75) is 25.7 Å². The zero-order valence-corrected chi connectivity index (χ0v) is 9.84. The Morgan fingerprint density at radius 2 is 2.24 bits per heavy atom. The molecule has 6 nitrogen and oxygen atoms in total. The summed E-state index contributed by atoms with van der Waals surface area (Å²) in [7, 11) is 0. The van der Waals surface area contributed by atoms with Gasteiger partial charge in [-0.25, -0.2) is 9.97 Å². The van der Waals surface area contributed by atoms with Crippen LogP contribution in [0.25, 0.3) is 0 Å². The minimum Gasteiger partial charge on any atom is -0.349 e. The lowest BCUT2D eigenvalue weighted by Gasteiger charge is -2.17. The summed E-state index contributed by atoms with van der Waals surface area (Å²) in [6.07, 6.45) is 4.21. The fourth-order valence-electron chi connectivity index (χ4n) is 1.59. The summed E-state index contributed by atoms with van der Waals surface area (Å²) >= 11 is 0. The third-order valence-corrected chi connectivity index (χ3v) is 2.38. The molecule has 0 spiro atoms. The molecule has 2 rings (SSSR count). The highest BCUT2D eigenvalue weighted by atomic mass is 16.7. The number of hydrogen-bond acceptors (Lipinski definition) is 5. The molecule has 92 valence electrons. The average Bonchev–Trinajstić information content (AvgIpc) is 2.67. The highest BCUT2D eigenvalue weighted by molar-refractivity contribution is 5.93. The van der Waals surface area contributed by atoms with Crippen molar-refractivity contribution in [1.29, 1.82) is 0 Å². The standard InChI is InChI=1S/C11H15N3O3/c1-11(2)16-6-9(17-11)5-14-10(15)8-3-12-7-13-4-8/h3-4,7,9H,5-6H2,1-2H3,(H,14,15). The number of carbonyl (C=O) groups excluding carboxylic acids is 1. The normalized spacial score (nSPS) is 22.4. The molecular formula is C11H15N3O3. The van der Waals surface area contributed by atoms with Gasteiger partial charge in [0.1, 0.15) is 12.4 Å². The van der Waals surface area contributed by atoms with Gasteiger partial charge in [0.05, 0.1) is 12.2 Å². The Kier molecular flexibility index (Phi) is 3.35. The van der Waals surface area contributed by atoms with Crippen LogP contribution in [0, 0.1) is 0 Å². The van der Waals surface area contributed by atoms with Crippen LogP contribution in [0.2, 0.25) is 0 Å². The molecule has 2 heterocycles. The van der Waals surface area contributed by atoms with Gasteiger partial charge in [-0.15, -0.1) is 0 Å². The molecule has 1 saturated heterocycles. The molecule has 1 unspecified atom stereocenters. The molecule has 0 aromatic carbocycles. The van der Waals surface area contributed by atoms with Crippen LogP contribution in [0.5, 0.6) is 0 Å². The summed E-state index contributed by atoms with van der Waals surface area (Å²) in [5.74, 6) is -0.774. The summed E-state index contributed by atoms with van der Waals surface area (Å²) in [4.78, 5) is 19.2. The minimum atomic E-state index is -0.564. The lowest BCUT2D eigenvalue weighted by atomic mass is 10.3. The predicted molar refractivity (Wildman–Crippen MR) is 59.3 cm³/mol. The molecule has 1 aromatic heterocycles. The summed E-state index contributed by atoms with van der Waals surface area (Å²) in [6, 6.07) is 0. The van der Waals surface area contributed by atoms with Crippen molar-refractivity contribution in [3.8, 4) is 0 Å². The number of ether oxygens (including phenoxy) is 2. The molecule has 1 aliphatic heterocycles. The molecule has 1 N–H and O–H groups in total. The number of aromatic nitrogens is 2.